The molecule has 2 aromatic carbocycles. The molecule has 2 aromatic rings. The van der Waals surface area contributed by atoms with Crippen LogP contribution in [-0.4, -0.2) is 32.3 Å². The van der Waals surface area contributed by atoms with Gasteiger partial charge in [-0.25, -0.2) is 13.2 Å². The smallest absolute Gasteiger partial charge is 0.330 e. The van der Waals surface area contributed by atoms with Crippen LogP contribution < -0.4 is 0 Å². The SMILES string of the molecule is COC(=O)/C=C/c1ccccc1C1CN1S(=O)(=O)c1ccc(C)cc1. The number of rotatable bonds is 5. The third kappa shape index (κ3) is 3.65. The van der Waals surface area contributed by atoms with Crippen LogP contribution >= 0.6 is 0 Å². The molecule has 0 radical (unpaired) electrons. The number of methoxy groups -OCH3 is 1. The Morgan fingerprint density at radius 1 is 1.16 bits per heavy atom. The molecule has 2 unspecified atom stereocenters. The zero-order chi connectivity index (χ0) is 18.0. The first-order chi connectivity index (χ1) is 11.9. The van der Waals surface area contributed by atoms with Crippen LogP contribution in [0.1, 0.15) is 22.7 Å². The van der Waals surface area contributed by atoms with Crippen molar-refractivity contribution >= 4 is 22.1 Å². The topological polar surface area (TPSA) is 63.5 Å². The minimum absolute atomic E-state index is 0.218. The Hall–Kier alpha value is -2.44. The summed E-state index contributed by atoms with van der Waals surface area (Å²) in [7, 11) is -2.20. The van der Waals surface area contributed by atoms with Gasteiger partial charge in [-0.05, 0) is 36.3 Å². The highest BCUT2D eigenvalue weighted by Gasteiger charge is 2.46. The Labute approximate surface area is 147 Å². The molecule has 1 heterocycles. The lowest BCUT2D eigenvalue weighted by Crippen LogP contribution is -2.13. The summed E-state index contributed by atoms with van der Waals surface area (Å²) in [6, 6.07) is 14.1. The third-order valence-corrected chi connectivity index (χ3v) is 6.04. The Bertz CT molecular complexity index is 917. The third-order valence-electron chi connectivity index (χ3n) is 4.15. The minimum Gasteiger partial charge on any atom is -0.466 e. The van der Waals surface area contributed by atoms with Crippen LogP contribution in [0, 0.1) is 6.92 Å². The molecule has 1 saturated heterocycles. The molecule has 130 valence electrons. The fourth-order valence-corrected chi connectivity index (χ4v) is 4.22. The van der Waals surface area contributed by atoms with E-state index in [2.05, 4.69) is 4.74 Å². The van der Waals surface area contributed by atoms with Crippen molar-refractivity contribution in [1.29, 1.82) is 0 Å². The molecule has 0 aliphatic carbocycles. The van der Waals surface area contributed by atoms with E-state index in [-0.39, 0.29) is 6.04 Å². The van der Waals surface area contributed by atoms with Crippen molar-refractivity contribution in [3.63, 3.8) is 0 Å². The van der Waals surface area contributed by atoms with Gasteiger partial charge in [-0.3, -0.25) is 0 Å². The monoisotopic (exact) mass is 357 g/mol. The second kappa shape index (κ2) is 6.82. The number of aryl methyl sites for hydroxylation is 1. The van der Waals surface area contributed by atoms with Gasteiger partial charge in [-0.2, -0.15) is 4.31 Å². The van der Waals surface area contributed by atoms with Gasteiger partial charge in [0.25, 0.3) is 0 Å². The van der Waals surface area contributed by atoms with E-state index in [1.165, 1.54) is 17.5 Å². The number of nitrogens with zero attached hydrogens (tertiary/aromatic N) is 1. The molecule has 1 aliphatic heterocycles. The average molecular weight is 357 g/mol. The Balaban J connectivity index is 1.85. The molecule has 5 nitrogen and oxygen atoms in total. The molecule has 6 heteroatoms. The first kappa shape index (κ1) is 17.4. The largest absolute Gasteiger partial charge is 0.466 e. The van der Waals surface area contributed by atoms with E-state index in [0.29, 0.717) is 11.4 Å². The van der Waals surface area contributed by atoms with Crippen LogP contribution in [0.15, 0.2) is 59.5 Å². The number of esters is 1. The molecule has 1 fully saturated rings. The van der Waals surface area contributed by atoms with E-state index >= 15 is 0 Å². The molecule has 0 bridgehead atoms. The number of sulfonamides is 1. The zero-order valence-corrected chi connectivity index (χ0v) is 14.9. The lowest BCUT2D eigenvalue weighted by atomic mass is 10.0. The normalized spacial score (nSPS) is 19.8. The maximum Gasteiger partial charge on any atom is 0.330 e. The maximum atomic E-state index is 12.7. The van der Waals surface area contributed by atoms with Crippen molar-refractivity contribution in [2.75, 3.05) is 13.7 Å². The minimum atomic E-state index is -3.51. The van der Waals surface area contributed by atoms with Gasteiger partial charge in [-0.1, -0.05) is 42.0 Å². The Morgan fingerprint density at radius 3 is 2.52 bits per heavy atom. The van der Waals surface area contributed by atoms with Gasteiger partial charge < -0.3 is 4.74 Å². The first-order valence-electron chi connectivity index (χ1n) is 7.87. The lowest BCUT2D eigenvalue weighted by molar-refractivity contribution is -0.134. The number of carbonyl (C=O) groups is 1. The van der Waals surface area contributed by atoms with Crippen molar-refractivity contribution in [2.45, 2.75) is 17.9 Å². The molecule has 1 aliphatic rings. The van der Waals surface area contributed by atoms with E-state index in [1.54, 1.807) is 30.3 Å². The van der Waals surface area contributed by atoms with Crippen LogP contribution in [0.2, 0.25) is 0 Å². The average Bonchev–Trinajstić information content (AvgIpc) is 3.41. The molecule has 0 aromatic heterocycles. The van der Waals surface area contributed by atoms with Crippen molar-refractivity contribution in [1.82, 2.24) is 4.31 Å². The summed E-state index contributed by atoms with van der Waals surface area (Å²) in [6.45, 7) is 2.35. The highest BCUT2D eigenvalue weighted by molar-refractivity contribution is 7.89. The van der Waals surface area contributed by atoms with Gasteiger partial charge in [0.1, 0.15) is 0 Å². The molecule has 0 spiro atoms. The standard InChI is InChI=1S/C19H19NO4S/c1-14-7-10-16(11-8-14)25(22,23)20-13-18(20)17-6-4-3-5-15(17)9-12-19(21)24-2/h3-12,18H,13H2,1-2H3/b12-9+. The summed E-state index contributed by atoms with van der Waals surface area (Å²) in [6.07, 6.45) is 2.98. The molecular formula is C19H19NO4S. The summed E-state index contributed by atoms with van der Waals surface area (Å²) in [5.41, 5.74) is 2.69. The zero-order valence-electron chi connectivity index (χ0n) is 14.0. The van der Waals surface area contributed by atoms with Gasteiger partial charge in [0, 0.05) is 12.6 Å². The summed E-state index contributed by atoms with van der Waals surface area (Å²) >= 11 is 0. The number of ether oxygens (including phenoxy) is 1. The summed E-state index contributed by atoms with van der Waals surface area (Å²) in [5, 5.41) is 0. The first-order valence-corrected chi connectivity index (χ1v) is 9.31. The van der Waals surface area contributed by atoms with Crippen molar-refractivity contribution in [2.24, 2.45) is 0 Å². The van der Waals surface area contributed by atoms with Crippen LogP contribution in [0.5, 0.6) is 0 Å². The van der Waals surface area contributed by atoms with Crippen molar-refractivity contribution in [3.05, 3.63) is 71.3 Å². The predicted octanol–water partition coefficient (Wildman–Crippen LogP) is 2.93. The number of hydrogen-bond acceptors (Lipinski definition) is 4. The maximum absolute atomic E-state index is 12.7. The van der Waals surface area contributed by atoms with Crippen LogP contribution in [-0.2, 0) is 19.6 Å². The van der Waals surface area contributed by atoms with Gasteiger partial charge in [0.15, 0.2) is 0 Å². The number of benzene rings is 2. The van der Waals surface area contributed by atoms with Crippen LogP contribution in [0.3, 0.4) is 0 Å². The molecule has 0 amide bonds. The quantitative estimate of drug-likeness (QED) is 0.469. The summed E-state index contributed by atoms with van der Waals surface area (Å²) in [5.74, 6) is -0.449. The van der Waals surface area contributed by atoms with Gasteiger partial charge in [0.05, 0.1) is 18.0 Å². The fraction of sp³-hybridized carbons (Fsp3) is 0.211. The van der Waals surface area contributed by atoms with Gasteiger partial charge in [0.2, 0.25) is 10.0 Å². The van der Waals surface area contributed by atoms with Gasteiger partial charge >= 0.3 is 5.97 Å². The van der Waals surface area contributed by atoms with Crippen LogP contribution in [0.4, 0.5) is 0 Å². The van der Waals surface area contributed by atoms with E-state index in [4.69, 9.17) is 0 Å². The highest BCUT2D eigenvalue weighted by atomic mass is 32.2. The molecule has 2 atom stereocenters. The summed E-state index contributed by atoms with van der Waals surface area (Å²) in [4.78, 5) is 11.6. The predicted molar refractivity (Wildman–Crippen MR) is 95.3 cm³/mol. The molecule has 25 heavy (non-hydrogen) atoms. The molecule has 0 saturated carbocycles. The van der Waals surface area contributed by atoms with Crippen molar-refractivity contribution in [3.8, 4) is 0 Å². The number of hydrogen-bond donors (Lipinski definition) is 0. The highest BCUT2D eigenvalue weighted by Crippen LogP contribution is 2.41. The number of carbonyl (C=O) groups excluding carboxylic acids is 1. The van der Waals surface area contributed by atoms with Crippen LogP contribution in [0.25, 0.3) is 6.08 Å². The second-order valence-electron chi connectivity index (χ2n) is 5.89. The van der Waals surface area contributed by atoms with E-state index < -0.39 is 16.0 Å². The van der Waals surface area contributed by atoms with E-state index in [9.17, 15) is 13.2 Å². The molecule has 3 rings (SSSR count). The van der Waals surface area contributed by atoms with E-state index in [0.717, 1.165) is 16.7 Å². The fourth-order valence-electron chi connectivity index (χ4n) is 2.68. The Kier molecular flexibility index (Phi) is 4.74. The summed E-state index contributed by atoms with van der Waals surface area (Å²) < 4.78 is 31.6. The lowest BCUT2D eigenvalue weighted by Gasteiger charge is -2.09. The Morgan fingerprint density at radius 2 is 1.84 bits per heavy atom. The van der Waals surface area contributed by atoms with Gasteiger partial charge in [-0.15, -0.1) is 0 Å². The molecular weight excluding hydrogens is 338 g/mol. The molecule has 0 N–H and O–H groups in total. The second-order valence-corrected chi connectivity index (χ2v) is 7.78. The van der Waals surface area contributed by atoms with E-state index in [1.807, 2.05) is 31.2 Å². The van der Waals surface area contributed by atoms with Crippen molar-refractivity contribution < 1.29 is 17.9 Å².